The minimum Gasteiger partial charge on any atom is -0.361 e. The van der Waals surface area contributed by atoms with E-state index in [-0.39, 0.29) is 5.91 Å². The van der Waals surface area contributed by atoms with Crippen molar-refractivity contribution < 1.29 is 4.79 Å². The summed E-state index contributed by atoms with van der Waals surface area (Å²) in [5.41, 5.74) is 2.47. The van der Waals surface area contributed by atoms with Gasteiger partial charge in [-0.25, -0.2) is 4.98 Å². The van der Waals surface area contributed by atoms with Crippen LogP contribution in [0.25, 0.3) is 0 Å². The van der Waals surface area contributed by atoms with E-state index in [1.165, 1.54) is 0 Å². The van der Waals surface area contributed by atoms with Crippen molar-refractivity contribution in [2.45, 2.75) is 5.33 Å². The third-order valence-electron chi connectivity index (χ3n) is 2.83. The molecule has 104 valence electrons. The van der Waals surface area contributed by atoms with E-state index < -0.39 is 0 Å². The maximum absolute atomic E-state index is 12.2. The molecule has 0 aliphatic carbocycles. The molecular weight excluding hydrogens is 318 g/mol. The summed E-state index contributed by atoms with van der Waals surface area (Å²) in [7, 11) is 3.78. The van der Waals surface area contributed by atoms with Gasteiger partial charge in [-0.15, -0.1) is 0 Å². The number of amides is 1. The van der Waals surface area contributed by atoms with E-state index in [2.05, 4.69) is 26.2 Å². The lowest BCUT2D eigenvalue weighted by Crippen LogP contribution is -2.17. The van der Waals surface area contributed by atoms with Crippen molar-refractivity contribution in [3.05, 3.63) is 53.7 Å². The molecule has 0 atom stereocenters. The Morgan fingerprint density at radius 2 is 1.95 bits per heavy atom. The summed E-state index contributed by atoms with van der Waals surface area (Å²) in [6, 6.07) is 11.1. The summed E-state index contributed by atoms with van der Waals surface area (Å²) >= 11 is 3.38. The quantitative estimate of drug-likeness (QED) is 0.873. The Balaban J connectivity index is 2.19. The second kappa shape index (κ2) is 6.52. The van der Waals surface area contributed by atoms with Gasteiger partial charge >= 0.3 is 0 Å². The van der Waals surface area contributed by atoms with Crippen LogP contribution in [0.2, 0.25) is 0 Å². The fraction of sp³-hybridized carbons (Fsp3) is 0.200. The summed E-state index contributed by atoms with van der Waals surface area (Å²) in [5.74, 6) is 0.597. The highest BCUT2D eigenvalue weighted by Gasteiger charge is 2.10. The number of halogens is 1. The summed E-state index contributed by atoms with van der Waals surface area (Å²) in [5, 5.41) is 3.67. The molecule has 0 aliphatic heterocycles. The Labute approximate surface area is 127 Å². The number of hydrogen-bond acceptors (Lipinski definition) is 3. The minimum absolute atomic E-state index is 0.137. The summed E-state index contributed by atoms with van der Waals surface area (Å²) in [6.07, 6.45) is 1.70. The zero-order valence-electron chi connectivity index (χ0n) is 11.4. The van der Waals surface area contributed by atoms with Crippen LogP contribution in [0.15, 0.2) is 42.6 Å². The van der Waals surface area contributed by atoms with Gasteiger partial charge in [-0.3, -0.25) is 4.79 Å². The Morgan fingerprint density at radius 1 is 1.25 bits per heavy atom. The molecule has 0 saturated carbocycles. The normalized spacial score (nSPS) is 10.2. The van der Waals surface area contributed by atoms with Crippen molar-refractivity contribution in [2.75, 3.05) is 24.3 Å². The van der Waals surface area contributed by atoms with Gasteiger partial charge in [0.25, 0.3) is 5.91 Å². The number of nitrogens with zero attached hydrogens (tertiary/aromatic N) is 2. The third-order valence-corrected chi connectivity index (χ3v) is 3.48. The molecule has 0 unspecified atom stereocenters. The molecule has 0 fully saturated rings. The molecule has 4 nitrogen and oxygen atoms in total. The molecule has 1 amide bonds. The van der Waals surface area contributed by atoms with E-state index in [1.54, 1.807) is 12.3 Å². The Bertz CT molecular complexity index is 596. The van der Waals surface area contributed by atoms with Gasteiger partial charge < -0.3 is 10.2 Å². The fourth-order valence-corrected chi connectivity index (χ4v) is 2.16. The molecule has 20 heavy (non-hydrogen) atoms. The van der Waals surface area contributed by atoms with Crippen molar-refractivity contribution >= 4 is 33.3 Å². The number of pyridine rings is 1. The second-order valence-corrected chi connectivity index (χ2v) is 5.11. The Hall–Kier alpha value is -1.88. The molecule has 2 aromatic rings. The molecule has 0 spiro atoms. The lowest BCUT2D eigenvalue weighted by molar-refractivity contribution is 0.102. The molecular formula is C15H16BrN3O. The van der Waals surface area contributed by atoms with Gasteiger partial charge in [-0.05, 0) is 29.8 Å². The smallest absolute Gasteiger partial charge is 0.255 e. The first-order chi connectivity index (χ1) is 9.61. The number of carbonyl (C=O) groups is 1. The van der Waals surface area contributed by atoms with E-state index in [0.29, 0.717) is 11.3 Å². The van der Waals surface area contributed by atoms with Gasteiger partial charge in [0.1, 0.15) is 0 Å². The minimum atomic E-state index is -0.137. The standard InChI is InChI=1S/C15H16BrN3O/c1-19(2)14-13(4-3-9-17-14)18-15(20)12-7-5-11(10-16)6-8-12/h3-9H,10H2,1-2H3,(H,18,20). The number of aromatic nitrogens is 1. The zero-order valence-corrected chi connectivity index (χ0v) is 13.0. The highest BCUT2D eigenvalue weighted by molar-refractivity contribution is 9.08. The first kappa shape index (κ1) is 14.5. The van der Waals surface area contributed by atoms with Crippen LogP contribution >= 0.6 is 15.9 Å². The van der Waals surface area contributed by atoms with Gasteiger partial charge in [0.15, 0.2) is 5.82 Å². The molecule has 0 saturated heterocycles. The van der Waals surface area contributed by atoms with Crippen LogP contribution in [0, 0.1) is 0 Å². The first-order valence-electron chi connectivity index (χ1n) is 6.20. The van der Waals surface area contributed by atoms with Crippen LogP contribution in [0.5, 0.6) is 0 Å². The largest absolute Gasteiger partial charge is 0.361 e. The molecule has 0 radical (unpaired) electrons. The van der Waals surface area contributed by atoms with Gasteiger partial charge in [-0.1, -0.05) is 28.1 Å². The van der Waals surface area contributed by atoms with Crippen LogP contribution in [0.3, 0.4) is 0 Å². The number of rotatable bonds is 4. The average molecular weight is 334 g/mol. The molecule has 2 rings (SSSR count). The van der Waals surface area contributed by atoms with Crippen molar-refractivity contribution in [1.82, 2.24) is 4.98 Å². The zero-order chi connectivity index (χ0) is 14.5. The molecule has 1 aromatic heterocycles. The molecule has 0 bridgehead atoms. The molecule has 1 aromatic carbocycles. The van der Waals surface area contributed by atoms with E-state index in [9.17, 15) is 4.79 Å². The van der Waals surface area contributed by atoms with Crippen molar-refractivity contribution in [3.8, 4) is 0 Å². The van der Waals surface area contributed by atoms with Crippen LogP contribution in [0.4, 0.5) is 11.5 Å². The number of hydrogen-bond donors (Lipinski definition) is 1. The number of benzene rings is 1. The van der Waals surface area contributed by atoms with Crippen LogP contribution < -0.4 is 10.2 Å². The highest BCUT2D eigenvalue weighted by atomic mass is 79.9. The average Bonchev–Trinajstić information content (AvgIpc) is 2.47. The summed E-state index contributed by atoms with van der Waals surface area (Å²) < 4.78 is 0. The Kier molecular flexibility index (Phi) is 4.74. The molecule has 1 N–H and O–H groups in total. The van der Waals surface area contributed by atoms with Gasteiger partial charge in [-0.2, -0.15) is 0 Å². The lowest BCUT2D eigenvalue weighted by Gasteiger charge is -2.16. The summed E-state index contributed by atoms with van der Waals surface area (Å²) in [4.78, 5) is 18.3. The number of carbonyl (C=O) groups excluding carboxylic acids is 1. The van der Waals surface area contributed by atoms with E-state index in [0.717, 1.165) is 16.7 Å². The van der Waals surface area contributed by atoms with Gasteiger partial charge in [0, 0.05) is 31.2 Å². The van der Waals surface area contributed by atoms with Crippen LogP contribution in [-0.4, -0.2) is 25.0 Å². The predicted octanol–water partition coefficient (Wildman–Crippen LogP) is 3.29. The Morgan fingerprint density at radius 3 is 2.55 bits per heavy atom. The first-order valence-corrected chi connectivity index (χ1v) is 7.32. The third kappa shape index (κ3) is 3.36. The molecule has 0 aliphatic rings. The maximum Gasteiger partial charge on any atom is 0.255 e. The summed E-state index contributed by atoms with van der Waals surface area (Å²) in [6.45, 7) is 0. The number of nitrogens with one attached hydrogen (secondary N) is 1. The second-order valence-electron chi connectivity index (χ2n) is 4.55. The van der Waals surface area contributed by atoms with Crippen molar-refractivity contribution in [1.29, 1.82) is 0 Å². The highest BCUT2D eigenvalue weighted by Crippen LogP contribution is 2.21. The van der Waals surface area contributed by atoms with E-state index in [4.69, 9.17) is 0 Å². The van der Waals surface area contributed by atoms with Crippen molar-refractivity contribution in [2.24, 2.45) is 0 Å². The predicted molar refractivity (Wildman–Crippen MR) is 85.6 cm³/mol. The molecule has 5 heteroatoms. The SMILES string of the molecule is CN(C)c1ncccc1NC(=O)c1ccc(CBr)cc1. The maximum atomic E-state index is 12.2. The van der Waals surface area contributed by atoms with Gasteiger partial charge in [0.05, 0.1) is 5.69 Å². The number of anilines is 2. The fourth-order valence-electron chi connectivity index (χ4n) is 1.79. The van der Waals surface area contributed by atoms with Crippen molar-refractivity contribution in [3.63, 3.8) is 0 Å². The van der Waals surface area contributed by atoms with E-state index in [1.807, 2.05) is 49.3 Å². The lowest BCUT2D eigenvalue weighted by atomic mass is 10.1. The van der Waals surface area contributed by atoms with Gasteiger partial charge in [0.2, 0.25) is 0 Å². The van der Waals surface area contributed by atoms with E-state index >= 15 is 0 Å². The number of alkyl halides is 1. The molecule has 1 heterocycles. The van der Waals surface area contributed by atoms with Crippen LogP contribution in [-0.2, 0) is 5.33 Å². The topological polar surface area (TPSA) is 45.2 Å². The monoisotopic (exact) mass is 333 g/mol. The van der Waals surface area contributed by atoms with Crippen LogP contribution in [0.1, 0.15) is 15.9 Å².